The number of rotatable bonds is 12. The number of nitrogens with one attached hydrogen (secondary N) is 3. The number of benzene rings is 3. The van der Waals surface area contributed by atoms with Gasteiger partial charge in [0.15, 0.2) is 0 Å². The van der Waals surface area contributed by atoms with Crippen LogP contribution >= 0.6 is 0 Å². The first-order chi connectivity index (χ1) is 19.4. The topological polar surface area (TPSA) is 126 Å². The van der Waals surface area contributed by atoms with Gasteiger partial charge in [0.1, 0.15) is 35.8 Å². The average molecular weight is 553 g/mol. The number of phenolic OH excluding ortho intramolecular Hbond substituents is 2. The fourth-order valence-corrected chi connectivity index (χ4v) is 4.52. The highest BCUT2D eigenvalue weighted by molar-refractivity contribution is 5.74. The lowest BCUT2D eigenvalue weighted by Gasteiger charge is -2.33. The first-order valence-electron chi connectivity index (χ1n) is 13.5. The summed E-state index contributed by atoms with van der Waals surface area (Å²) in [6.45, 7) is 2.55. The monoisotopic (exact) mass is 552 g/mol. The molecule has 6 N–H and O–H groups in total. The molecule has 0 saturated carbocycles. The number of urea groups is 1. The highest BCUT2D eigenvalue weighted by atomic mass is 19.1. The van der Waals surface area contributed by atoms with Crippen molar-refractivity contribution in [1.82, 2.24) is 15.5 Å². The van der Waals surface area contributed by atoms with Gasteiger partial charge in [-0.2, -0.15) is 0 Å². The third-order valence-electron chi connectivity index (χ3n) is 6.80. The van der Waals surface area contributed by atoms with E-state index in [9.17, 15) is 24.5 Å². The molecule has 4 rings (SSSR count). The number of likely N-dealkylation sites (tertiary alicyclic amines) is 1. The lowest BCUT2D eigenvalue weighted by atomic mass is 10.0. The molecule has 0 aromatic heterocycles. The molecule has 0 spiro atoms. The van der Waals surface area contributed by atoms with Crippen molar-refractivity contribution in [2.75, 3.05) is 38.1 Å². The molecule has 1 aliphatic rings. The normalized spacial score (nSPS) is 14.5. The number of hydrogen-bond donors (Lipinski definition) is 6. The molecule has 10 heteroatoms. The summed E-state index contributed by atoms with van der Waals surface area (Å²) in [7, 11) is 0. The van der Waals surface area contributed by atoms with E-state index < -0.39 is 11.9 Å². The second kappa shape index (κ2) is 14.4. The van der Waals surface area contributed by atoms with Crippen LogP contribution in [-0.4, -0.2) is 71.2 Å². The van der Waals surface area contributed by atoms with Crippen molar-refractivity contribution in [3.05, 3.63) is 83.7 Å². The van der Waals surface area contributed by atoms with E-state index in [2.05, 4.69) is 40.2 Å². The molecular formula is C30H37FN4O5. The minimum Gasteiger partial charge on any atom is -0.508 e. The van der Waals surface area contributed by atoms with E-state index in [-0.39, 0.29) is 36.7 Å². The van der Waals surface area contributed by atoms with Crippen molar-refractivity contribution in [1.29, 1.82) is 0 Å². The van der Waals surface area contributed by atoms with Crippen molar-refractivity contribution in [3.63, 3.8) is 0 Å². The van der Waals surface area contributed by atoms with Crippen molar-refractivity contribution in [2.45, 2.75) is 38.0 Å². The number of halogens is 1. The molecule has 9 nitrogen and oxygen atoms in total. The molecule has 1 unspecified atom stereocenters. The van der Waals surface area contributed by atoms with Crippen LogP contribution in [0, 0.1) is 5.82 Å². The van der Waals surface area contributed by atoms with Gasteiger partial charge in [-0.15, -0.1) is 0 Å². The maximum Gasteiger partial charge on any atom is 0.317 e. The van der Waals surface area contributed by atoms with Crippen molar-refractivity contribution in [3.8, 4) is 17.2 Å². The van der Waals surface area contributed by atoms with Crippen LogP contribution in [0.3, 0.4) is 0 Å². The molecule has 0 aliphatic carbocycles. The predicted octanol–water partition coefficient (Wildman–Crippen LogP) is 3.60. The summed E-state index contributed by atoms with van der Waals surface area (Å²) in [6.07, 6.45) is 1.78. The Morgan fingerprint density at radius 1 is 1.02 bits per heavy atom. The summed E-state index contributed by atoms with van der Waals surface area (Å²) in [4.78, 5) is 14.2. The third-order valence-corrected chi connectivity index (χ3v) is 6.80. The highest BCUT2D eigenvalue weighted by Gasteiger charge is 2.22. The summed E-state index contributed by atoms with van der Waals surface area (Å²) in [5.41, 5.74) is 2.54. The first-order valence-corrected chi connectivity index (χ1v) is 13.5. The second-order valence-electron chi connectivity index (χ2n) is 9.95. The van der Waals surface area contributed by atoms with E-state index in [0.717, 1.165) is 37.6 Å². The molecule has 0 radical (unpaired) electrons. The van der Waals surface area contributed by atoms with Crippen molar-refractivity contribution < 1.29 is 29.2 Å². The van der Waals surface area contributed by atoms with Crippen LogP contribution in [0.15, 0.2) is 66.7 Å². The number of aliphatic hydroxyl groups excluding tert-OH is 1. The molecule has 1 aliphatic heterocycles. The number of ether oxygens (including phenoxy) is 1. The third kappa shape index (κ3) is 9.03. The Bertz CT molecular complexity index is 1240. The fraction of sp³-hybridized carbons (Fsp3) is 0.367. The summed E-state index contributed by atoms with van der Waals surface area (Å²) in [5, 5.41) is 38.4. The number of aromatic hydroxyl groups is 2. The summed E-state index contributed by atoms with van der Waals surface area (Å²) >= 11 is 0. The van der Waals surface area contributed by atoms with Crippen LogP contribution < -0.4 is 20.7 Å². The van der Waals surface area contributed by atoms with E-state index in [1.165, 1.54) is 23.8 Å². The van der Waals surface area contributed by atoms with Crippen LogP contribution in [0.2, 0.25) is 0 Å². The summed E-state index contributed by atoms with van der Waals surface area (Å²) in [5.74, 6) is -0.0457. The Morgan fingerprint density at radius 3 is 2.50 bits per heavy atom. The average Bonchev–Trinajstić information content (AvgIpc) is 2.95. The number of aliphatic hydroxyl groups is 1. The van der Waals surface area contributed by atoms with Gasteiger partial charge >= 0.3 is 6.03 Å². The molecular weight excluding hydrogens is 515 g/mol. The van der Waals surface area contributed by atoms with Gasteiger partial charge < -0.3 is 40.9 Å². The van der Waals surface area contributed by atoms with Gasteiger partial charge in [0.2, 0.25) is 0 Å². The second-order valence-corrected chi connectivity index (χ2v) is 9.95. The maximum atomic E-state index is 13.9. The molecule has 0 bridgehead atoms. The minimum absolute atomic E-state index is 0.0698. The van der Waals surface area contributed by atoms with Crippen molar-refractivity contribution >= 4 is 11.7 Å². The quantitative estimate of drug-likeness (QED) is 0.190. The molecule has 1 heterocycles. The lowest BCUT2D eigenvalue weighted by Crippen LogP contribution is -2.46. The summed E-state index contributed by atoms with van der Waals surface area (Å²) < 4.78 is 19.4. The number of piperidine rings is 1. The Kier molecular flexibility index (Phi) is 10.4. The zero-order chi connectivity index (χ0) is 28.3. The number of carbonyl (C=O) groups excluding carboxylic acids is 1. The molecule has 214 valence electrons. The van der Waals surface area contributed by atoms with Gasteiger partial charge in [0.05, 0.1) is 0 Å². The standard InChI is InChI=1S/C30H37FN4O5/c31-29-17-26(37)9-6-22(29)18-33-30(39)35-14-11-24(12-15-35)34-23-7-4-21(5-8-23)10-13-32-19-27(38)20-40-28-3-1-2-25(36)16-28/h1-9,16-17,24,27,32,34,36-38H,10-15,18-20H2,(H,33,39). The molecule has 1 fully saturated rings. The fourth-order valence-electron chi connectivity index (χ4n) is 4.52. The van der Waals surface area contributed by atoms with E-state index in [0.29, 0.717) is 30.9 Å². The van der Waals surface area contributed by atoms with E-state index in [1.54, 1.807) is 23.1 Å². The van der Waals surface area contributed by atoms with E-state index in [1.807, 2.05) is 0 Å². The Balaban J connectivity index is 1.09. The number of nitrogens with zero attached hydrogens (tertiary/aromatic N) is 1. The van der Waals surface area contributed by atoms with Gasteiger partial charge in [0.25, 0.3) is 0 Å². The lowest BCUT2D eigenvalue weighted by molar-refractivity contribution is 0.106. The Labute approximate surface area is 233 Å². The summed E-state index contributed by atoms with van der Waals surface area (Å²) in [6, 6.07) is 18.7. The van der Waals surface area contributed by atoms with Gasteiger partial charge in [-0.3, -0.25) is 0 Å². The Hall–Kier alpha value is -4.02. The minimum atomic E-state index is -0.659. The SMILES string of the molecule is O=C(NCc1ccc(O)cc1F)N1CCC(Nc2ccc(CCNCC(O)COc3cccc(O)c3)cc2)CC1. The number of amides is 2. The van der Waals surface area contributed by atoms with Crippen LogP contribution in [-0.2, 0) is 13.0 Å². The van der Waals surface area contributed by atoms with Crippen molar-refractivity contribution in [2.24, 2.45) is 0 Å². The van der Waals surface area contributed by atoms with Gasteiger partial charge in [-0.1, -0.05) is 24.3 Å². The number of hydrogen-bond acceptors (Lipinski definition) is 7. The van der Waals surface area contributed by atoms with E-state index in [4.69, 9.17) is 4.74 Å². The highest BCUT2D eigenvalue weighted by Crippen LogP contribution is 2.19. The largest absolute Gasteiger partial charge is 0.508 e. The molecule has 3 aromatic rings. The number of phenols is 2. The molecule has 1 saturated heterocycles. The Morgan fingerprint density at radius 2 is 1.77 bits per heavy atom. The molecule has 1 atom stereocenters. The first kappa shape index (κ1) is 29.0. The molecule has 40 heavy (non-hydrogen) atoms. The number of carbonyl (C=O) groups is 1. The van der Waals surface area contributed by atoms with Crippen LogP contribution in [0.4, 0.5) is 14.9 Å². The van der Waals surface area contributed by atoms with Gasteiger partial charge in [-0.25, -0.2) is 9.18 Å². The van der Waals surface area contributed by atoms with Crippen LogP contribution in [0.5, 0.6) is 17.2 Å². The van der Waals surface area contributed by atoms with Crippen LogP contribution in [0.25, 0.3) is 0 Å². The van der Waals surface area contributed by atoms with E-state index >= 15 is 0 Å². The number of anilines is 1. The molecule has 3 aromatic carbocycles. The van der Waals surface area contributed by atoms with Crippen LogP contribution in [0.1, 0.15) is 24.0 Å². The zero-order valence-corrected chi connectivity index (χ0v) is 22.4. The smallest absolute Gasteiger partial charge is 0.317 e. The zero-order valence-electron chi connectivity index (χ0n) is 22.4. The maximum absolute atomic E-state index is 13.9. The van der Waals surface area contributed by atoms with Gasteiger partial charge in [0, 0.05) is 55.6 Å². The van der Waals surface area contributed by atoms with Gasteiger partial charge in [-0.05, 0) is 61.7 Å². The predicted molar refractivity (Wildman–Crippen MR) is 151 cm³/mol. The molecule has 2 amide bonds.